The zero-order valence-electron chi connectivity index (χ0n) is 16.7. The zero-order chi connectivity index (χ0) is 22.1. The molecule has 3 rings (SSSR count). The van der Waals surface area contributed by atoms with Crippen molar-refractivity contribution in [2.45, 2.75) is 19.4 Å². The number of anilines is 1. The number of halogens is 2. The summed E-state index contributed by atoms with van der Waals surface area (Å²) in [4.78, 5) is 20.8. The molecule has 0 spiro atoms. The summed E-state index contributed by atoms with van der Waals surface area (Å²) >= 11 is 5.79. The van der Waals surface area contributed by atoms with Crippen LogP contribution in [0.25, 0.3) is 0 Å². The van der Waals surface area contributed by atoms with E-state index in [4.69, 9.17) is 17.3 Å². The Hall–Kier alpha value is -2.72. The largest absolute Gasteiger partial charge is 0.369 e. The standard InChI is InChI=1S/C19H22ClFN6O2S/c1-4-27-18(22)26-19(2,11-30(27,29)23-3)14-9-13(6-7-15(14)21)25-17(28)16-8-5-12(20)10-24-16/h5-10H,4,11H2,1-3H3,(H2,22,26)(H,25,28)/t19-,30?/m0/s1. The van der Waals surface area contributed by atoms with Crippen LogP contribution in [-0.2, 0) is 15.5 Å². The molecule has 30 heavy (non-hydrogen) atoms. The number of carbonyl (C=O) groups is 1. The molecule has 1 unspecified atom stereocenters. The van der Waals surface area contributed by atoms with Gasteiger partial charge in [0, 0.05) is 31.0 Å². The van der Waals surface area contributed by atoms with Crippen LogP contribution in [0.2, 0.25) is 5.02 Å². The van der Waals surface area contributed by atoms with E-state index in [2.05, 4.69) is 19.7 Å². The SMILES string of the molecule is CCN1C(N)=N[C@](C)(c2cc(NC(=O)c3ccc(Cl)cn3)ccc2F)CS1(=O)=NC. The lowest BCUT2D eigenvalue weighted by molar-refractivity contribution is 0.102. The van der Waals surface area contributed by atoms with Gasteiger partial charge in [-0.25, -0.2) is 22.9 Å². The van der Waals surface area contributed by atoms with Crippen molar-refractivity contribution in [2.75, 3.05) is 24.7 Å². The summed E-state index contributed by atoms with van der Waals surface area (Å²) in [7, 11) is -1.46. The maximum absolute atomic E-state index is 14.8. The van der Waals surface area contributed by atoms with E-state index in [1.54, 1.807) is 19.9 Å². The van der Waals surface area contributed by atoms with Gasteiger partial charge < -0.3 is 11.1 Å². The number of hydrogen-bond acceptors (Lipinski definition) is 6. The number of guanidine groups is 1. The average Bonchev–Trinajstić information content (AvgIpc) is 2.69. The van der Waals surface area contributed by atoms with E-state index < -0.39 is 27.2 Å². The lowest BCUT2D eigenvalue weighted by Crippen LogP contribution is -2.52. The molecule has 1 aromatic heterocycles. The van der Waals surface area contributed by atoms with Crippen LogP contribution in [-0.4, -0.2) is 44.7 Å². The molecule has 0 saturated heterocycles. The minimum atomic E-state index is -2.90. The summed E-state index contributed by atoms with van der Waals surface area (Å²) in [5.74, 6) is -1.05. The molecule has 11 heteroatoms. The molecule has 1 aromatic carbocycles. The number of pyridine rings is 1. The van der Waals surface area contributed by atoms with Crippen LogP contribution >= 0.6 is 11.6 Å². The Morgan fingerprint density at radius 3 is 2.77 bits per heavy atom. The molecule has 1 aliphatic heterocycles. The third-order valence-electron chi connectivity index (χ3n) is 4.77. The van der Waals surface area contributed by atoms with E-state index in [1.807, 2.05) is 0 Å². The first-order valence-corrected chi connectivity index (χ1v) is 11.1. The summed E-state index contributed by atoms with van der Waals surface area (Å²) < 4.78 is 33.5. The zero-order valence-corrected chi connectivity index (χ0v) is 18.3. The molecule has 2 atom stereocenters. The Morgan fingerprint density at radius 2 is 2.17 bits per heavy atom. The van der Waals surface area contributed by atoms with E-state index in [-0.39, 0.29) is 23.0 Å². The summed E-state index contributed by atoms with van der Waals surface area (Å²) in [5, 5.41) is 3.08. The molecular weight excluding hydrogens is 431 g/mol. The van der Waals surface area contributed by atoms with E-state index >= 15 is 0 Å². The number of nitrogens with one attached hydrogen (secondary N) is 1. The summed E-state index contributed by atoms with van der Waals surface area (Å²) in [6.07, 6.45) is 1.36. The molecule has 160 valence electrons. The maximum atomic E-state index is 14.8. The molecule has 0 saturated carbocycles. The first kappa shape index (κ1) is 22.0. The van der Waals surface area contributed by atoms with Gasteiger partial charge in [-0.3, -0.25) is 9.10 Å². The summed E-state index contributed by atoms with van der Waals surface area (Å²) in [6.45, 7) is 3.79. The molecular formula is C19H22ClFN6O2S. The van der Waals surface area contributed by atoms with Gasteiger partial charge in [0.05, 0.1) is 10.8 Å². The highest BCUT2D eigenvalue weighted by atomic mass is 35.5. The van der Waals surface area contributed by atoms with Gasteiger partial charge in [-0.15, -0.1) is 0 Å². The number of hydrogen-bond donors (Lipinski definition) is 2. The van der Waals surface area contributed by atoms with Gasteiger partial charge in [-0.05, 0) is 44.2 Å². The Balaban J connectivity index is 1.99. The predicted molar refractivity (Wildman–Crippen MR) is 116 cm³/mol. The fourth-order valence-electron chi connectivity index (χ4n) is 3.32. The van der Waals surface area contributed by atoms with Crippen molar-refractivity contribution in [3.63, 3.8) is 0 Å². The Kier molecular flexibility index (Phi) is 6.00. The van der Waals surface area contributed by atoms with Gasteiger partial charge in [0.1, 0.15) is 27.0 Å². The average molecular weight is 453 g/mol. The first-order chi connectivity index (χ1) is 14.1. The lowest BCUT2D eigenvalue weighted by atomic mass is 9.93. The minimum absolute atomic E-state index is 0.0288. The molecule has 2 heterocycles. The van der Waals surface area contributed by atoms with E-state index in [0.29, 0.717) is 17.3 Å². The van der Waals surface area contributed by atoms with Crippen LogP contribution in [0, 0.1) is 5.82 Å². The number of aliphatic imine (C=N–C) groups is 1. The normalized spacial score (nSPS) is 23.6. The summed E-state index contributed by atoms with van der Waals surface area (Å²) in [5.41, 5.74) is 5.45. The van der Waals surface area contributed by atoms with Crippen LogP contribution in [0.3, 0.4) is 0 Å². The van der Waals surface area contributed by atoms with Gasteiger partial charge in [0.15, 0.2) is 0 Å². The number of nitrogens with two attached hydrogens (primary N) is 1. The Bertz CT molecular complexity index is 1130. The van der Waals surface area contributed by atoms with E-state index in [9.17, 15) is 13.4 Å². The van der Waals surface area contributed by atoms with Crippen molar-refractivity contribution < 1.29 is 13.4 Å². The molecule has 0 fully saturated rings. The topological polar surface area (TPSA) is 113 Å². The molecule has 0 aliphatic carbocycles. The Labute approximate surface area is 179 Å². The van der Waals surface area contributed by atoms with Crippen molar-refractivity contribution >= 4 is 39.1 Å². The molecule has 1 aliphatic rings. The number of amides is 1. The lowest BCUT2D eigenvalue weighted by Gasteiger charge is -2.38. The van der Waals surface area contributed by atoms with Crippen molar-refractivity contribution in [3.8, 4) is 0 Å². The number of nitrogens with zero attached hydrogens (tertiary/aromatic N) is 4. The smallest absolute Gasteiger partial charge is 0.274 e. The third-order valence-corrected chi connectivity index (χ3v) is 7.63. The number of benzene rings is 1. The monoisotopic (exact) mass is 452 g/mol. The van der Waals surface area contributed by atoms with Gasteiger partial charge in [0.25, 0.3) is 5.91 Å². The second kappa shape index (κ2) is 8.19. The number of carbonyl (C=O) groups excluding carboxylic acids is 1. The van der Waals surface area contributed by atoms with Crippen molar-refractivity contribution in [3.05, 3.63) is 58.6 Å². The maximum Gasteiger partial charge on any atom is 0.274 e. The molecule has 8 nitrogen and oxygen atoms in total. The van der Waals surface area contributed by atoms with Crippen LogP contribution < -0.4 is 11.1 Å². The first-order valence-electron chi connectivity index (χ1n) is 9.11. The summed E-state index contributed by atoms with van der Waals surface area (Å²) in [6, 6.07) is 7.12. The second-order valence-corrected chi connectivity index (χ2v) is 9.63. The highest BCUT2D eigenvalue weighted by Crippen LogP contribution is 2.35. The third kappa shape index (κ3) is 4.10. The number of aromatic nitrogens is 1. The molecule has 0 bridgehead atoms. The Morgan fingerprint density at radius 1 is 1.43 bits per heavy atom. The molecule has 2 aromatic rings. The van der Waals surface area contributed by atoms with Gasteiger partial charge in [-0.2, -0.15) is 0 Å². The second-order valence-electron chi connectivity index (χ2n) is 6.88. The number of rotatable bonds is 4. The van der Waals surface area contributed by atoms with E-state index in [1.165, 1.54) is 41.8 Å². The molecule has 3 N–H and O–H groups in total. The highest BCUT2D eigenvalue weighted by Gasteiger charge is 2.41. The molecule has 1 amide bonds. The van der Waals surface area contributed by atoms with Gasteiger partial charge in [-0.1, -0.05) is 11.6 Å². The van der Waals surface area contributed by atoms with Gasteiger partial charge in [0.2, 0.25) is 5.96 Å². The molecule has 0 radical (unpaired) electrons. The van der Waals surface area contributed by atoms with Crippen LogP contribution in [0.15, 0.2) is 45.9 Å². The minimum Gasteiger partial charge on any atom is -0.369 e. The van der Waals surface area contributed by atoms with Crippen LogP contribution in [0.1, 0.15) is 29.9 Å². The van der Waals surface area contributed by atoms with Crippen molar-refractivity contribution in [1.82, 2.24) is 9.29 Å². The van der Waals surface area contributed by atoms with E-state index in [0.717, 1.165) is 0 Å². The fourth-order valence-corrected chi connectivity index (χ4v) is 5.60. The van der Waals surface area contributed by atoms with Crippen molar-refractivity contribution in [1.29, 1.82) is 0 Å². The fraction of sp³-hybridized carbons (Fsp3) is 0.316. The highest BCUT2D eigenvalue weighted by molar-refractivity contribution is 7.92. The predicted octanol–water partition coefficient (Wildman–Crippen LogP) is 3.00. The van der Waals surface area contributed by atoms with Crippen molar-refractivity contribution in [2.24, 2.45) is 15.1 Å². The van der Waals surface area contributed by atoms with Crippen LogP contribution in [0.5, 0.6) is 0 Å². The quantitative estimate of drug-likeness (QED) is 0.742. The van der Waals surface area contributed by atoms with Gasteiger partial charge >= 0.3 is 0 Å². The van der Waals surface area contributed by atoms with Crippen LogP contribution in [0.4, 0.5) is 10.1 Å².